The number of carbonyl (C=O) groups excluding carboxylic acids is 1. The van der Waals surface area contributed by atoms with Crippen molar-refractivity contribution in [3.8, 4) is 11.8 Å². The predicted octanol–water partition coefficient (Wildman–Crippen LogP) is 2.03. The third-order valence-electron chi connectivity index (χ3n) is 2.20. The molecule has 5 nitrogen and oxygen atoms in total. The second kappa shape index (κ2) is 6.18. The first-order valence-corrected chi connectivity index (χ1v) is 6.50. The van der Waals surface area contributed by atoms with E-state index in [0.29, 0.717) is 28.4 Å². The highest BCUT2D eigenvalue weighted by molar-refractivity contribution is 7.12. The molecule has 2 rings (SSSR count). The van der Waals surface area contributed by atoms with Gasteiger partial charge in [-0.2, -0.15) is 0 Å². The molecular weight excluding hydrogens is 264 g/mol. The summed E-state index contributed by atoms with van der Waals surface area (Å²) in [5.41, 5.74) is 1.34. The van der Waals surface area contributed by atoms with Crippen LogP contribution in [0.2, 0.25) is 0 Å². The highest BCUT2D eigenvalue weighted by Gasteiger charge is 2.14. The molecule has 2 aromatic rings. The molecule has 6 heteroatoms. The van der Waals surface area contributed by atoms with Crippen LogP contribution >= 0.6 is 11.3 Å². The fourth-order valence-corrected chi connectivity index (χ4v) is 2.13. The summed E-state index contributed by atoms with van der Waals surface area (Å²) >= 11 is 1.30. The molecule has 19 heavy (non-hydrogen) atoms. The van der Waals surface area contributed by atoms with E-state index in [-0.39, 0.29) is 12.5 Å². The van der Waals surface area contributed by atoms with Crippen molar-refractivity contribution in [2.75, 3.05) is 11.9 Å². The second-order valence-electron chi connectivity index (χ2n) is 3.73. The van der Waals surface area contributed by atoms with Crippen molar-refractivity contribution >= 4 is 23.1 Å². The van der Waals surface area contributed by atoms with E-state index < -0.39 is 0 Å². The summed E-state index contributed by atoms with van der Waals surface area (Å²) in [6.07, 6.45) is 0.387. The molecule has 0 unspecified atom stereocenters. The standard InChI is InChI=1S/C13H12N2O3S/c1-9-8-11(18-15-9)14-13(17)12-10(5-7-19-12)4-2-3-6-16/h5,7-8,16H,3,6H2,1H3,(H,14,17). The molecule has 2 N–H and O–H groups in total. The summed E-state index contributed by atoms with van der Waals surface area (Å²) < 4.78 is 4.92. The highest BCUT2D eigenvalue weighted by Crippen LogP contribution is 2.18. The van der Waals surface area contributed by atoms with Crippen molar-refractivity contribution < 1.29 is 14.4 Å². The highest BCUT2D eigenvalue weighted by atomic mass is 32.1. The number of nitrogens with zero attached hydrogens (tertiary/aromatic N) is 1. The van der Waals surface area contributed by atoms with Crippen molar-refractivity contribution in [1.82, 2.24) is 5.16 Å². The predicted molar refractivity (Wildman–Crippen MR) is 72.1 cm³/mol. The van der Waals surface area contributed by atoms with Crippen molar-refractivity contribution in [1.29, 1.82) is 0 Å². The summed E-state index contributed by atoms with van der Waals surface area (Å²) in [6.45, 7) is 1.78. The normalized spacial score (nSPS) is 9.79. The molecule has 0 aliphatic carbocycles. The van der Waals surface area contributed by atoms with Gasteiger partial charge < -0.3 is 9.63 Å². The Morgan fingerprint density at radius 2 is 2.47 bits per heavy atom. The van der Waals surface area contributed by atoms with Gasteiger partial charge in [-0.05, 0) is 18.4 Å². The van der Waals surface area contributed by atoms with Crippen LogP contribution in [0.15, 0.2) is 22.0 Å². The van der Waals surface area contributed by atoms with E-state index in [1.54, 1.807) is 24.4 Å². The van der Waals surface area contributed by atoms with E-state index in [2.05, 4.69) is 22.3 Å². The lowest BCUT2D eigenvalue weighted by Gasteiger charge is -1.98. The maximum absolute atomic E-state index is 12.0. The van der Waals surface area contributed by atoms with E-state index in [0.717, 1.165) is 0 Å². The molecule has 0 saturated heterocycles. The van der Waals surface area contributed by atoms with E-state index in [1.807, 2.05) is 0 Å². The smallest absolute Gasteiger partial charge is 0.269 e. The van der Waals surface area contributed by atoms with E-state index in [9.17, 15) is 4.79 Å². The molecule has 2 heterocycles. The first-order chi connectivity index (χ1) is 9.20. The number of hydrogen-bond donors (Lipinski definition) is 2. The van der Waals surface area contributed by atoms with E-state index >= 15 is 0 Å². The summed E-state index contributed by atoms with van der Waals surface area (Å²) in [6, 6.07) is 3.41. The number of nitrogens with one attached hydrogen (secondary N) is 1. The molecule has 0 aliphatic heterocycles. The summed E-state index contributed by atoms with van der Waals surface area (Å²) in [4.78, 5) is 12.5. The van der Waals surface area contributed by atoms with Gasteiger partial charge in [0, 0.05) is 18.1 Å². The topological polar surface area (TPSA) is 75.4 Å². The molecule has 0 bridgehead atoms. The summed E-state index contributed by atoms with van der Waals surface area (Å²) in [7, 11) is 0. The van der Waals surface area contributed by atoms with Gasteiger partial charge in [0.05, 0.1) is 12.3 Å². The Balaban J connectivity index is 2.12. The molecule has 98 valence electrons. The van der Waals surface area contributed by atoms with E-state index in [1.165, 1.54) is 11.3 Å². The zero-order chi connectivity index (χ0) is 13.7. The van der Waals surface area contributed by atoms with Gasteiger partial charge in [0.1, 0.15) is 4.88 Å². The molecule has 0 spiro atoms. The summed E-state index contributed by atoms with van der Waals surface area (Å²) in [5.74, 6) is 5.68. The van der Waals surface area contributed by atoms with Gasteiger partial charge in [0.15, 0.2) is 0 Å². The molecule has 0 fully saturated rings. The van der Waals surface area contributed by atoms with Crippen molar-refractivity contribution in [3.05, 3.63) is 33.6 Å². The Morgan fingerprint density at radius 1 is 1.63 bits per heavy atom. The number of aromatic nitrogens is 1. The Bertz CT molecular complexity index is 634. The zero-order valence-electron chi connectivity index (χ0n) is 10.3. The average molecular weight is 276 g/mol. The van der Waals surface area contributed by atoms with Gasteiger partial charge >= 0.3 is 0 Å². The number of aliphatic hydroxyl groups is 1. The van der Waals surface area contributed by atoms with Crippen molar-refractivity contribution in [3.63, 3.8) is 0 Å². The lowest BCUT2D eigenvalue weighted by molar-refractivity contribution is 0.102. The van der Waals surface area contributed by atoms with Gasteiger partial charge in [-0.3, -0.25) is 10.1 Å². The third kappa shape index (κ3) is 3.44. The Hall–Kier alpha value is -2.10. The number of rotatable bonds is 3. The average Bonchev–Trinajstić information content (AvgIpc) is 2.99. The minimum Gasteiger partial charge on any atom is -0.395 e. The summed E-state index contributed by atoms with van der Waals surface area (Å²) in [5, 5.41) is 16.8. The quantitative estimate of drug-likeness (QED) is 0.841. The zero-order valence-corrected chi connectivity index (χ0v) is 11.1. The molecular formula is C13H12N2O3S. The fourth-order valence-electron chi connectivity index (χ4n) is 1.39. The van der Waals surface area contributed by atoms with Crippen LogP contribution in [0, 0.1) is 18.8 Å². The largest absolute Gasteiger partial charge is 0.395 e. The maximum atomic E-state index is 12.0. The number of hydrogen-bond acceptors (Lipinski definition) is 5. The molecule has 0 radical (unpaired) electrons. The first kappa shape index (κ1) is 13.3. The van der Waals surface area contributed by atoms with E-state index in [4.69, 9.17) is 9.63 Å². The van der Waals surface area contributed by atoms with Gasteiger partial charge in [0.2, 0.25) is 5.88 Å². The van der Waals surface area contributed by atoms with Gasteiger partial charge in [-0.15, -0.1) is 11.3 Å². The minimum atomic E-state index is -0.278. The van der Waals surface area contributed by atoms with Crippen LogP contribution in [-0.4, -0.2) is 22.8 Å². The maximum Gasteiger partial charge on any atom is 0.269 e. The Morgan fingerprint density at radius 3 is 3.16 bits per heavy atom. The molecule has 1 amide bonds. The first-order valence-electron chi connectivity index (χ1n) is 5.62. The lowest BCUT2D eigenvalue weighted by atomic mass is 10.2. The molecule has 0 atom stereocenters. The van der Waals surface area contributed by atoms with Gasteiger partial charge in [-0.25, -0.2) is 0 Å². The van der Waals surface area contributed by atoms with Crippen molar-refractivity contribution in [2.24, 2.45) is 0 Å². The Labute approximate surface area is 114 Å². The number of aryl methyl sites for hydroxylation is 1. The molecule has 0 aliphatic rings. The van der Waals surface area contributed by atoms with Crippen LogP contribution in [0.5, 0.6) is 0 Å². The van der Waals surface area contributed by atoms with Crippen LogP contribution in [0.4, 0.5) is 5.88 Å². The van der Waals surface area contributed by atoms with Crippen LogP contribution in [-0.2, 0) is 0 Å². The Kier molecular flexibility index (Phi) is 4.34. The third-order valence-corrected chi connectivity index (χ3v) is 3.11. The molecule has 0 saturated carbocycles. The monoisotopic (exact) mass is 276 g/mol. The van der Waals surface area contributed by atoms with Crippen LogP contribution in [0.1, 0.15) is 27.3 Å². The van der Waals surface area contributed by atoms with Crippen molar-refractivity contribution in [2.45, 2.75) is 13.3 Å². The number of amides is 1. The molecule has 0 aromatic carbocycles. The van der Waals surface area contributed by atoms with Gasteiger partial charge in [-0.1, -0.05) is 17.0 Å². The fraction of sp³-hybridized carbons (Fsp3) is 0.231. The number of thiophene rings is 1. The lowest BCUT2D eigenvalue weighted by Crippen LogP contribution is -2.10. The molecule has 2 aromatic heterocycles. The van der Waals surface area contributed by atoms with Gasteiger partial charge in [0.25, 0.3) is 5.91 Å². The van der Waals surface area contributed by atoms with Crippen LogP contribution < -0.4 is 5.32 Å². The number of aliphatic hydroxyl groups excluding tert-OH is 1. The number of anilines is 1. The van der Waals surface area contributed by atoms with Crippen LogP contribution in [0.3, 0.4) is 0 Å². The van der Waals surface area contributed by atoms with Crippen LogP contribution in [0.25, 0.3) is 0 Å². The number of carbonyl (C=O) groups is 1. The minimum absolute atomic E-state index is 0.00993. The second-order valence-corrected chi connectivity index (χ2v) is 4.64. The SMILES string of the molecule is Cc1cc(NC(=O)c2sccc2C#CCCO)on1.